The Morgan fingerprint density at radius 2 is 2.00 bits per heavy atom. The first kappa shape index (κ1) is 15.8. The van der Waals surface area contributed by atoms with Gasteiger partial charge in [0.25, 0.3) is 5.91 Å². The maximum absolute atomic E-state index is 13.5. The van der Waals surface area contributed by atoms with Crippen molar-refractivity contribution >= 4 is 16.8 Å². The molecular weight excluding hydrogens is 311 g/mol. The zero-order valence-corrected chi connectivity index (χ0v) is 13.0. The van der Waals surface area contributed by atoms with E-state index in [-0.39, 0.29) is 17.6 Å². The van der Waals surface area contributed by atoms with E-state index in [4.69, 9.17) is 0 Å². The molecule has 2 heterocycles. The van der Waals surface area contributed by atoms with Gasteiger partial charge in [0.05, 0.1) is 10.9 Å². The SMILES string of the molecule is CCn1nc(C(=O)NCc2ccncc2)c(=O)c2cc(F)ccc21. The lowest BCUT2D eigenvalue weighted by atomic mass is 10.2. The molecule has 0 radical (unpaired) electrons. The van der Waals surface area contributed by atoms with Gasteiger partial charge in [0.2, 0.25) is 5.43 Å². The van der Waals surface area contributed by atoms with Crippen LogP contribution in [0, 0.1) is 5.82 Å². The average molecular weight is 326 g/mol. The van der Waals surface area contributed by atoms with E-state index in [1.165, 1.54) is 16.8 Å². The van der Waals surface area contributed by atoms with Crippen LogP contribution in [0.1, 0.15) is 23.0 Å². The summed E-state index contributed by atoms with van der Waals surface area (Å²) in [6.07, 6.45) is 3.23. The highest BCUT2D eigenvalue weighted by Crippen LogP contribution is 2.12. The lowest BCUT2D eigenvalue weighted by molar-refractivity contribution is 0.0942. The number of amides is 1. The predicted octanol–water partition coefficient (Wildman–Crippen LogP) is 1.88. The Kier molecular flexibility index (Phi) is 4.33. The molecule has 1 amide bonds. The summed E-state index contributed by atoms with van der Waals surface area (Å²) in [6.45, 7) is 2.53. The fourth-order valence-corrected chi connectivity index (χ4v) is 2.42. The van der Waals surface area contributed by atoms with E-state index in [0.29, 0.717) is 12.1 Å². The van der Waals surface area contributed by atoms with Crippen molar-refractivity contribution in [1.29, 1.82) is 0 Å². The standard InChI is InChI=1S/C17H15FN4O2/c1-2-22-14-4-3-12(18)9-13(14)16(23)15(21-22)17(24)20-10-11-5-7-19-8-6-11/h3-9H,2,10H2,1H3,(H,20,24). The minimum Gasteiger partial charge on any atom is -0.346 e. The fraction of sp³-hybridized carbons (Fsp3) is 0.176. The molecule has 1 aromatic carbocycles. The molecule has 0 aliphatic rings. The number of nitrogens with zero attached hydrogens (tertiary/aromatic N) is 3. The van der Waals surface area contributed by atoms with Gasteiger partial charge in [-0.15, -0.1) is 0 Å². The number of hydrogen-bond donors (Lipinski definition) is 1. The molecule has 0 aliphatic heterocycles. The van der Waals surface area contributed by atoms with Crippen LogP contribution in [0.15, 0.2) is 47.5 Å². The van der Waals surface area contributed by atoms with Gasteiger partial charge >= 0.3 is 0 Å². The van der Waals surface area contributed by atoms with Crippen molar-refractivity contribution < 1.29 is 9.18 Å². The molecule has 0 atom stereocenters. The molecule has 3 rings (SSSR count). The molecule has 122 valence electrons. The van der Waals surface area contributed by atoms with Crippen LogP contribution in [0.2, 0.25) is 0 Å². The van der Waals surface area contributed by atoms with E-state index < -0.39 is 17.2 Å². The van der Waals surface area contributed by atoms with Crippen LogP contribution >= 0.6 is 0 Å². The van der Waals surface area contributed by atoms with E-state index in [0.717, 1.165) is 11.6 Å². The molecular formula is C17H15FN4O2. The maximum atomic E-state index is 13.5. The molecule has 0 unspecified atom stereocenters. The topological polar surface area (TPSA) is 76.9 Å². The van der Waals surface area contributed by atoms with E-state index >= 15 is 0 Å². The van der Waals surface area contributed by atoms with Crippen molar-refractivity contribution in [3.05, 3.63) is 70.0 Å². The molecule has 0 saturated heterocycles. The summed E-state index contributed by atoms with van der Waals surface area (Å²) >= 11 is 0. The summed E-state index contributed by atoms with van der Waals surface area (Å²) in [4.78, 5) is 28.7. The summed E-state index contributed by atoms with van der Waals surface area (Å²) in [7, 11) is 0. The molecule has 0 saturated carbocycles. The Labute approximate surface area is 137 Å². The Morgan fingerprint density at radius 1 is 1.25 bits per heavy atom. The minimum absolute atomic E-state index is 0.140. The van der Waals surface area contributed by atoms with Crippen LogP contribution in [0.25, 0.3) is 10.9 Å². The smallest absolute Gasteiger partial charge is 0.276 e. The van der Waals surface area contributed by atoms with Crippen molar-refractivity contribution in [3.8, 4) is 0 Å². The van der Waals surface area contributed by atoms with Gasteiger partial charge < -0.3 is 5.32 Å². The first-order chi connectivity index (χ1) is 11.6. The van der Waals surface area contributed by atoms with Gasteiger partial charge in [-0.05, 0) is 42.8 Å². The van der Waals surface area contributed by atoms with Crippen LogP contribution in [0.4, 0.5) is 4.39 Å². The van der Waals surface area contributed by atoms with Gasteiger partial charge in [0, 0.05) is 25.5 Å². The van der Waals surface area contributed by atoms with Crippen molar-refractivity contribution in [3.63, 3.8) is 0 Å². The van der Waals surface area contributed by atoms with Crippen molar-refractivity contribution in [1.82, 2.24) is 20.1 Å². The zero-order chi connectivity index (χ0) is 17.1. The van der Waals surface area contributed by atoms with Crippen molar-refractivity contribution in [2.24, 2.45) is 0 Å². The lowest BCUT2D eigenvalue weighted by Crippen LogP contribution is -2.31. The highest BCUT2D eigenvalue weighted by molar-refractivity contribution is 5.95. The number of nitrogens with one attached hydrogen (secondary N) is 1. The largest absolute Gasteiger partial charge is 0.346 e. The number of pyridine rings is 1. The minimum atomic E-state index is -0.592. The number of fused-ring (bicyclic) bond motifs is 1. The monoisotopic (exact) mass is 326 g/mol. The third-order valence-electron chi connectivity index (χ3n) is 3.63. The zero-order valence-electron chi connectivity index (χ0n) is 13.0. The second-order valence-electron chi connectivity index (χ2n) is 5.19. The highest BCUT2D eigenvalue weighted by Gasteiger charge is 2.17. The van der Waals surface area contributed by atoms with Gasteiger partial charge in [-0.3, -0.25) is 19.3 Å². The number of aromatic nitrogens is 3. The summed E-state index contributed by atoms with van der Waals surface area (Å²) in [5, 5.41) is 6.91. The Morgan fingerprint density at radius 3 is 2.71 bits per heavy atom. The molecule has 0 spiro atoms. The average Bonchev–Trinajstić information content (AvgIpc) is 2.61. The van der Waals surface area contributed by atoms with Gasteiger partial charge in [-0.1, -0.05) is 0 Å². The molecule has 6 nitrogen and oxygen atoms in total. The normalized spacial score (nSPS) is 10.8. The third-order valence-corrected chi connectivity index (χ3v) is 3.63. The molecule has 0 bridgehead atoms. The first-order valence-corrected chi connectivity index (χ1v) is 7.47. The van der Waals surface area contributed by atoms with E-state index in [1.54, 1.807) is 24.5 Å². The summed E-state index contributed by atoms with van der Waals surface area (Å²) in [5.74, 6) is -1.12. The Balaban J connectivity index is 1.98. The second kappa shape index (κ2) is 6.57. The van der Waals surface area contributed by atoms with Crippen molar-refractivity contribution in [2.75, 3.05) is 0 Å². The number of carbonyl (C=O) groups excluding carboxylic acids is 1. The van der Waals surface area contributed by atoms with Crippen LogP contribution in [0.5, 0.6) is 0 Å². The van der Waals surface area contributed by atoms with Crippen LogP contribution < -0.4 is 10.7 Å². The number of hydrogen-bond acceptors (Lipinski definition) is 4. The third kappa shape index (κ3) is 3.01. The number of aryl methyl sites for hydroxylation is 1. The molecule has 3 aromatic rings. The number of rotatable bonds is 4. The molecule has 2 aromatic heterocycles. The Bertz CT molecular complexity index is 954. The molecule has 0 fully saturated rings. The fourth-order valence-electron chi connectivity index (χ4n) is 2.42. The van der Waals surface area contributed by atoms with Crippen molar-refractivity contribution in [2.45, 2.75) is 20.0 Å². The highest BCUT2D eigenvalue weighted by atomic mass is 19.1. The van der Waals surface area contributed by atoms with E-state index in [1.807, 2.05) is 6.92 Å². The van der Waals surface area contributed by atoms with Gasteiger partial charge in [-0.25, -0.2) is 4.39 Å². The maximum Gasteiger partial charge on any atom is 0.276 e. The summed E-state index contributed by atoms with van der Waals surface area (Å²) in [6, 6.07) is 7.40. The van der Waals surface area contributed by atoms with Crippen LogP contribution in [0.3, 0.4) is 0 Å². The molecule has 1 N–H and O–H groups in total. The van der Waals surface area contributed by atoms with Gasteiger partial charge in [0.1, 0.15) is 5.82 Å². The van der Waals surface area contributed by atoms with Crippen LogP contribution in [-0.4, -0.2) is 20.7 Å². The van der Waals surface area contributed by atoms with Crippen LogP contribution in [-0.2, 0) is 13.1 Å². The summed E-state index contributed by atoms with van der Waals surface area (Å²) < 4.78 is 15.0. The number of carbonyl (C=O) groups is 1. The quantitative estimate of drug-likeness (QED) is 0.794. The van der Waals surface area contributed by atoms with E-state index in [2.05, 4.69) is 15.4 Å². The second-order valence-corrected chi connectivity index (χ2v) is 5.19. The molecule has 7 heteroatoms. The summed E-state index contributed by atoms with van der Waals surface area (Å²) in [5.41, 5.74) is 0.515. The van der Waals surface area contributed by atoms with Gasteiger partial charge in [0.15, 0.2) is 5.69 Å². The molecule has 0 aliphatic carbocycles. The number of benzene rings is 1. The van der Waals surface area contributed by atoms with E-state index in [9.17, 15) is 14.0 Å². The number of halogens is 1. The molecule has 24 heavy (non-hydrogen) atoms. The Hall–Kier alpha value is -3.09. The lowest BCUT2D eigenvalue weighted by Gasteiger charge is -2.10. The van der Waals surface area contributed by atoms with Gasteiger partial charge in [-0.2, -0.15) is 5.10 Å². The first-order valence-electron chi connectivity index (χ1n) is 7.47. The predicted molar refractivity (Wildman–Crippen MR) is 87.0 cm³/mol.